The van der Waals surface area contributed by atoms with E-state index in [0.717, 1.165) is 68.6 Å². The van der Waals surface area contributed by atoms with Crippen LogP contribution in [0.25, 0.3) is 10.9 Å². The molecule has 6 heteroatoms. The molecule has 34 heavy (non-hydrogen) atoms. The zero-order chi connectivity index (χ0) is 24.7. The van der Waals surface area contributed by atoms with Crippen molar-refractivity contribution in [1.29, 1.82) is 0 Å². The van der Waals surface area contributed by atoms with E-state index in [2.05, 4.69) is 17.2 Å². The molecule has 0 aliphatic heterocycles. The summed E-state index contributed by atoms with van der Waals surface area (Å²) in [5, 5.41) is 4.43. The van der Waals surface area contributed by atoms with Gasteiger partial charge in [-0.1, -0.05) is 44.4 Å². The van der Waals surface area contributed by atoms with Gasteiger partial charge in [0.15, 0.2) is 5.69 Å². The van der Waals surface area contributed by atoms with Gasteiger partial charge >= 0.3 is 5.97 Å². The molecular weight excluding hydrogens is 428 g/mol. The Bertz CT molecular complexity index is 848. The second-order valence-electron chi connectivity index (χ2n) is 9.70. The average molecular weight is 473 g/mol. The Morgan fingerprint density at radius 1 is 0.882 bits per heavy atom. The lowest BCUT2D eigenvalue weighted by Crippen LogP contribution is -2.24. The fourth-order valence-electron chi connectivity index (χ4n) is 3.57. The standard InChI is InChI=1S/C28H44N2O4/c1-5-6-7-11-18-32-19-12-8-13-20-33-21-14-17-29-25-22-26(27(31)34-28(2,3)4)30-24-16-10-9-15-23(24)25/h9-10,15-16,22H,5-8,11-14,17-21H2,1-4H3,(H,29,30). The highest BCUT2D eigenvalue weighted by molar-refractivity contribution is 5.97. The molecule has 2 rings (SSSR count). The van der Waals surface area contributed by atoms with Crippen LogP contribution in [-0.4, -0.2) is 49.5 Å². The molecule has 190 valence electrons. The lowest BCUT2D eigenvalue weighted by molar-refractivity contribution is 0.00633. The number of esters is 1. The minimum atomic E-state index is -0.559. The first-order valence-electron chi connectivity index (χ1n) is 12.9. The quantitative estimate of drug-likeness (QED) is 0.202. The van der Waals surface area contributed by atoms with Crippen LogP contribution < -0.4 is 5.32 Å². The minimum absolute atomic E-state index is 0.317. The summed E-state index contributed by atoms with van der Waals surface area (Å²) >= 11 is 0. The molecule has 0 saturated carbocycles. The summed E-state index contributed by atoms with van der Waals surface area (Å²) in [6.45, 7) is 11.8. The van der Waals surface area contributed by atoms with Crippen LogP contribution in [0.4, 0.5) is 5.69 Å². The van der Waals surface area contributed by atoms with E-state index in [1.54, 1.807) is 6.07 Å². The van der Waals surface area contributed by atoms with E-state index in [4.69, 9.17) is 14.2 Å². The smallest absolute Gasteiger partial charge is 0.357 e. The Morgan fingerprint density at radius 2 is 1.50 bits per heavy atom. The summed E-state index contributed by atoms with van der Waals surface area (Å²) in [5.41, 5.74) is 1.42. The number of pyridine rings is 1. The van der Waals surface area contributed by atoms with E-state index >= 15 is 0 Å². The van der Waals surface area contributed by atoms with E-state index in [1.807, 2.05) is 45.0 Å². The fraction of sp³-hybridized carbons (Fsp3) is 0.643. The highest BCUT2D eigenvalue weighted by Gasteiger charge is 2.20. The van der Waals surface area contributed by atoms with Crippen molar-refractivity contribution in [3.63, 3.8) is 0 Å². The van der Waals surface area contributed by atoms with Crippen LogP contribution >= 0.6 is 0 Å². The van der Waals surface area contributed by atoms with Crippen LogP contribution in [-0.2, 0) is 14.2 Å². The van der Waals surface area contributed by atoms with Crippen LogP contribution in [0.5, 0.6) is 0 Å². The van der Waals surface area contributed by atoms with E-state index in [9.17, 15) is 4.79 Å². The van der Waals surface area contributed by atoms with Gasteiger partial charge in [-0.25, -0.2) is 9.78 Å². The van der Waals surface area contributed by atoms with Gasteiger partial charge in [-0.2, -0.15) is 0 Å². The molecule has 1 aromatic heterocycles. The van der Waals surface area contributed by atoms with Gasteiger partial charge in [0, 0.05) is 44.0 Å². The molecule has 0 aliphatic carbocycles. The predicted octanol–water partition coefficient (Wildman–Crippen LogP) is 6.78. The second kappa shape index (κ2) is 15.7. The number of benzene rings is 1. The summed E-state index contributed by atoms with van der Waals surface area (Å²) in [6, 6.07) is 9.60. The molecule has 0 radical (unpaired) electrons. The van der Waals surface area contributed by atoms with Crippen molar-refractivity contribution in [2.24, 2.45) is 0 Å². The van der Waals surface area contributed by atoms with Gasteiger partial charge < -0.3 is 19.5 Å². The van der Waals surface area contributed by atoms with E-state index < -0.39 is 11.6 Å². The molecule has 0 aliphatic rings. The minimum Gasteiger partial charge on any atom is -0.455 e. The van der Waals surface area contributed by atoms with Crippen molar-refractivity contribution in [2.45, 2.75) is 84.7 Å². The van der Waals surface area contributed by atoms with Gasteiger partial charge in [0.1, 0.15) is 5.60 Å². The Morgan fingerprint density at radius 3 is 2.15 bits per heavy atom. The molecule has 2 aromatic rings. The maximum absolute atomic E-state index is 12.5. The van der Waals surface area contributed by atoms with Gasteiger partial charge in [-0.05, 0) is 65.0 Å². The lowest BCUT2D eigenvalue weighted by Gasteiger charge is -2.19. The van der Waals surface area contributed by atoms with Gasteiger partial charge in [-0.15, -0.1) is 0 Å². The van der Waals surface area contributed by atoms with Gasteiger partial charge in [-0.3, -0.25) is 0 Å². The van der Waals surface area contributed by atoms with Crippen LogP contribution in [0.3, 0.4) is 0 Å². The Kier molecular flexibility index (Phi) is 12.9. The Hall–Kier alpha value is -2.18. The van der Waals surface area contributed by atoms with Crippen LogP contribution in [0.1, 0.15) is 89.5 Å². The molecule has 0 fully saturated rings. The van der Waals surface area contributed by atoms with Crippen molar-refractivity contribution >= 4 is 22.6 Å². The lowest BCUT2D eigenvalue weighted by atomic mass is 10.1. The van der Waals surface area contributed by atoms with E-state index in [1.165, 1.54) is 25.7 Å². The summed E-state index contributed by atoms with van der Waals surface area (Å²) in [7, 11) is 0. The molecule has 6 nitrogen and oxygen atoms in total. The number of ether oxygens (including phenoxy) is 3. The molecule has 0 atom stereocenters. The molecule has 0 amide bonds. The van der Waals surface area contributed by atoms with E-state index in [0.29, 0.717) is 12.3 Å². The highest BCUT2D eigenvalue weighted by atomic mass is 16.6. The topological polar surface area (TPSA) is 69.7 Å². The number of hydrogen-bond acceptors (Lipinski definition) is 6. The first kappa shape index (κ1) is 28.1. The van der Waals surface area contributed by atoms with Gasteiger partial charge in [0.2, 0.25) is 0 Å². The first-order chi connectivity index (χ1) is 16.4. The van der Waals surface area contributed by atoms with Gasteiger partial charge in [0.05, 0.1) is 5.52 Å². The predicted molar refractivity (Wildman–Crippen MR) is 140 cm³/mol. The number of aromatic nitrogens is 1. The zero-order valence-corrected chi connectivity index (χ0v) is 21.7. The third-order valence-corrected chi connectivity index (χ3v) is 5.32. The van der Waals surface area contributed by atoms with Crippen LogP contribution in [0, 0.1) is 0 Å². The third kappa shape index (κ3) is 11.3. The average Bonchev–Trinajstić information content (AvgIpc) is 2.80. The van der Waals surface area contributed by atoms with Crippen LogP contribution in [0.2, 0.25) is 0 Å². The maximum Gasteiger partial charge on any atom is 0.357 e. The number of carbonyl (C=O) groups is 1. The molecule has 0 saturated heterocycles. The molecule has 0 spiro atoms. The van der Waals surface area contributed by atoms with Crippen molar-refractivity contribution in [3.8, 4) is 0 Å². The third-order valence-electron chi connectivity index (χ3n) is 5.32. The SMILES string of the molecule is CCCCCCOCCCCCOCCCNc1cc(C(=O)OC(C)(C)C)nc2ccccc12. The number of anilines is 1. The Balaban J connectivity index is 1.65. The van der Waals surface area contributed by atoms with Crippen molar-refractivity contribution in [2.75, 3.05) is 38.3 Å². The zero-order valence-electron chi connectivity index (χ0n) is 21.7. The number of rotatable bonds is 17. The summed E-state index contributed by atoms with van der Waals surface area (Å²) in [5.74, 6) is -0.411. The molecule has 1 heterocycles. The molecule has 1 N–H and O–H groups in total. The fourth-order valence-corrected chi connectivity index (χ4v) is 3.57. The Labute approximate surface area is 205 Å². The number of para-hydroxylation sites is 1. The number of carbonyl (C=O) groups excluding carboxylic acids is 1. The number of hydrogen-bond donors (Lipinski definition) is 1. The highest BCUT2D eigenvalue weighted by Crippen LogP contribution is 2.24. The summed E-state index contributed by atoms with van der Waals surface area (Å²) in [6.07, 6.45) is 9.25. The normalized spacial score (nSPS) is 11.6. The van der Waals surface area contributed by atoms with Gasteiger partial charge in [0.25, 0.3) is 0 Å². The molecule has 0 unspecified atom stereocenters. The molecule has 0 bridgehead atoms. The van der Waals surface area contributed by atoms with Crippen molar-refractivity contribution < 1.29 is 19.0 Å². The first-order valence-corrected chi connectivity index (χ1v) is 12.9. The van der Waals surface area contributed by atoms with Crippen molar-refractivity contribution in [1.82, 2.24) is 4.98 Å². The molecular formula is C28H44N2O4. The summed E-state index contributed by atoms with van der Waals surface area (Å²) < 4.78 is 17.0. The number of nitrogens with one attached hydrogen (secondary N) is 1. The van der Waals surface area contributed by atoms with Crippen LogP contribution in [0.15, 0.2) is 30.3 Å². The number of unbranched alkanes of at least 4 members (excludes halogenated alkanes) is 5. The maximum atomic E-state index is 12.5. The number of nitrogens with zero attached hydrogens (tertiary/aromatic N) is 1. The molecule has 1 aromatic carbocycles. The van der Waals surface area contributed by atoms with Crippen molar-refractivity contribution in [3.05, 3.63) is 36.0 Å². The number of fused-ring (bicyclic) bond motifs is 1. The monoisotopic (exact) mass is 472 g/mol. The second-order valence-corrected chi connectivity index (χ2v) is 9.70. The van der Waals surface area contributed by atoms with E-state index in [-0.39, 0.29) is 0 Å². The summed E-state index contributed by atoms with van der Waals surface area (Å²) in [4.78, 5) is 17.0. The largest absolute Gasteiger partial charge is 0.455 e.